The van der Waals surface area contributed by atoms with E-state index in [-0.39, 0.29) is 40.6 Å². The van der Waals surface area contributed by atoms with Gasteiger partial charge < -0.3 is 37.2 Å². The summed E-state index contributed by atoms with van der Waals surface area (Å²) in [5.74, 6) is 0. The molecule has 37 heavy (non-hydrogen) atoms. The molecule has 1 aliphatic carbocycles. The molecule has 1 aliphatic rings. The second-order valence-corrected chi connectivity index (χ2v) is 15.5. The normalized spacial score (nSPS) is 16.2. The molecule has 4 aromatic carbocycles. The summed E-state index contributed by atoms with van der Waals surface area (Å²) in [6, 6.07) is 38.8. The van der Waals surface area contributed by atoms with Crippen LogP contribution in [0.25, 0.3) is 5.57 Å². The fourth-order valence-electron chi connectivity index (χ4n) is 5.60. The summed E-state index contributed by atoms with van der Waals surface area (Å²) in [6.45, 7) is 6.65. The molecule has 0 heterocycles. The number of allylic oxidation sites excluding steroid dienone is 4. The Kier molecular flexibility index (Phi) is 10.9. The summed E-state index contributed by atoms with van der Waals surface area (Å²) in [6.07, 6.45) is 7.11. The van der Waals surface area contributed by atoms with Crippen LogP contribution in [0.5, 0.6) is 0 Å². The van der Waals surface area contributed by atoms with Crippen molar-refractivity contribution in [3.8, 4) is 0 Å². The predicted octanol–water partition coefficient (Wildman–Crippen LogP) is -3.01. The van der Waals surface area contributed by atoms with Crippen LogP contribution in [0.15, 0.2) is 121 Å². The van der Waals surface area contributed by atoms with Gasteiger partial charge in [-0.3, -0.25) is 0 Å². The molecule has 0 radical (unpaired) electrons. The third-order valence-corrected chi connectivity index (χ3v) is 14.7. The van der Waals surface area contributed by atoms with Crippen LogP contribution in [0, 0.1) is 20.8 Å². The molecular weight excluding hydrogens is 567 g/mol. The van der Waals surface area contributed by atoms with Crippen molar-refractivity contribution >= 4 is 29.2 Å². The summed E-state index contributed by atoms with van der Waals surface area (Å²) in [5.41, 5.74) is 6.64. The quantitative estimate of drug-likeness (QED) is 0.171. The Morgan fingerprint density at radius 1 is 0.568 bits per heavy atom. The van der Waals surface area contributed by atoms with E-state index in [1.54, 1.807) is 0 Å². The van der Waals surface area contributed by atoms with Gasteiger partial charge in [0.1, 0.15) is 0 Å². The molecule has 0 amide bonds. The van der Waals surface area contributed by atoms with Crippen LogP contribution in [-0.2, 0) is 20.4 Å². The van der Waals surface area contributed by atoms with Crippen molar-refractivity contribution in [3.05, 3.63) is 144 Å². The molecule has 4 aromatic rings. The van der Waals surface area contributed by atoms with Gasteiger partial charge in [-0.1, -0.05) is 0 Å². The van der Waals surface area contributed by atoms with Crippen molar-refractivity contribution in [2.75, 3.05) is 0 Å². The maximum absolute atomic E-state index is 2.61. The zero-order valence-electron chi connectivity index (χ0n) is 21.2. The summed E-state index contributed by atoms with van der Waals surface area (Å²) in [7, 11) is -2.61. The van der Waals surface area contributed by atoms with Gasteiger partial charge in [0.2, 0.25) is 0 Å². The molecule has 0 aromatic heterocycles. The van der Waals surface area contributed by atoms with Gasteiger partial charge in [-0.2, -0.15) is 0 Å². The van der Waals surface area contributed by atoms with Crippen LogP contribution in [0.2, 0.25) is 3.34 Å². The van der Waals surface area contributed by atoms with Crippen molar-refractivity contribution in [1.82, 2.24) is 0 Å². The maximum atomic E-state index is 2.48. The number of benzene rings is 4. The van der Waals surface area contributed by atoms with E-state index in [0.717, 1.165) is 0 Å². The molecule has 0 bridgehead atoms. The molecule has 0 saturated carbocycles. The van der Waals surface area contributed by atoms with Crippen LogP contribution in [-0.4, -0.2) is 8.07 Å². The standard InChI is InChI=1S/C32H29Si.3ClH.Ti/c1-24-11-7-16-28(21-24)33(29-17-8-12-25(2)22-29,30-18-9-13-26(3)23-30)32-20-10-19-31(32)27-14-5-4-6-15-27;;;;/h4-23H,1-3H3;3*1H;/q;;;;+3/p-3. The minimum absolute atomic E-state index is 0. The van der Waals surface area contributed by atoms with Gasteiger partial charge >= 0.3 is 217 Å². The van der Waals surface area contributed by atoms with E-state index >= 15 is 0 Å². The molecule has 5 rings (SSSR count). The minimum Gasteiger partial charge on any atom is -1.00 e. The van der Waals surface area contributed by atoms with E-state index in [1.807, 2.05) is 0 Å². The smallest absolute Gasteiger partial charge is 1.00 e. The average Bonchev–Trinajstić information content (AvgIpc) is 3.23. The van der Waals surface area contributed by atoms with Crippen molar-refractivity contribution in [1.29, 1.82) is 0 Å². The number of rotatable bonds is 5. The monoisotopic (exact) mass is 594 g/mol. The van der Waals surface area contributed by atoms with Gasteiger partial charge in [0.05, 0.1) is 0 Å². The number of hydrogen-bond acceptors (Lipinski definition) is 0. The largest absolute Gasteiger partial charge is 1.00 e. The van der Waals surface area contributed by atoms with E-state index < -0.39 is 8.07 Å². The molecule has 0 aliphatic heterocycles. The first-order valence-corrected chi connectivity index (χ1v) is 14.6. The molecule has 0 spiro atoms. The first-order valence-electron chi connectivity index (χ1n) is 11.9. The Hall–Kier alpha value is -1.84. The van der Waals surface area contributed by atoms with Gasteiger partial charge in [-0.15, -0.1) is 0 Å². The molecule has 0 N–H and O–H groups in total. The second kappa shape index (κ2) is 12.8. The van der Waals surface area contributed by atoms with E-state index in [0.29, 0.717) is 0 Å². The molecule has 1 unspecified atom stereocenters. The molecule has 5 heteroatoms. The van der Waals surface area contributed by atoms with Crippen LogP contribution in [0.3, 0.4) is 0 Å². The van der Waals surface area contributed by atoms with Crippen LogP contribution < -0.4 is 52.8 Å². The minimum atomic E-state index is -2.61. The van der Waals surface area contributed by atoms with Gasteiger partial charge in [-0.25, -0.2) is 0 Å². The zero-order chi connectivity index (χ0) is 23.8. The van der Waals surface area contributed by atoms with Crippen LogP contribution in [0.4, 0.5) is 0 Å². The molecule has 0 nitrogen and oxygen atoms in total. The van der Waals surface area contributed by atoms with Gasteiger partial charge in [0.25, 0.3) is 0 Å². The predicted molar refractivity (Wildman–Crippen MR) is 144 cm³/mol. The summed E-state index contributed by atoms with van der Waals surface area (Å²) >= 11 is 2.48. The van der Waals surface area contributed by atoms with Crippen molar-refractivity contribution in [3.63, 3.8) is 0 Å². The number of aryl methyl sites for hydroxylation is 3. The molecule has 186 valence electrons. The van der Waals surface area contributed by atoms with Crippen LogP contribution in [0.1, 0.15) is 22.3 Å². The second-order valence-electron chi connectivity index (χ2n) is 9.47. The Morgan fingerprint density at radius 2 is 1.00 bits per heavy atom. The van der Waals surface area contributed by atoms with E-state index in [1.165, 1.54) is 43.4 Å². The Morgan fingerprint density at radius 3 is 1.41 bits per heavy atom. The van der Waals surface area contributed by atoms with E-state index in [9.17, 15) is 0 Å². The van der Waals surface area contributed by atoms with Crippen molar-refractivity contribution in [2.45, 2.75) is 24.1 Å². The van der Waals surface area contributed by atoms with E-state index in [4.69, 9.17) is 0 Å². The van der Waals surface area contributed by atoms with Gasteiger partial charge in [0, 0.05) is 0 Å². The summed E-state index contributed by atoms with van der Waals surface area (Å²) < 4.78 is -0.163. The van der Waals surface area contributed by atoms with Gasteiger partial charge in [0.15, 0.2) is 0 Å². The number of hydrogen-bond donors (Lipinski definition) is 0. The maximum Gasteiger partial charge on any atom is -1.00 e. The fraction of sp³-hybridized carbons (Fsp3) is 0.125. The molecule has 1 atom stereocenters. The van der Waals surface area contributed by atoms with E-state index in [2.05, 4.69) is 163 Å². The third kappa shape index (κ3) is 5.50. The number of halogens is 3. The summed E-state index contributed by atoms with van der Waals surface area (Å²) in [5, 5.41) is 4.37. The fourth-order valence-corrected chi connectivity index (χ4v) is 13.8. The Balaban J connectivity index is 0.00000160. The Labute approximate surface area is 253 Å². The molecule has 0 fully saturated rings. The van der Waals surface area contributed by atoms with Crippen molar-refractivity contribution in [2.24, 2.45) is 0 Å². The van der Waals surface area contributed by atoms with Gasteiger partial charge in [-0.05, 0) is 0 Å². The first kappa shape index (κ1) is 31.4. The van der Waals surface area contributed by atoms with Crippen LogP contribution >= 0.6 is 0 Å². The first-order chi connectivity index (χ1) is 16.4. The summed E-state index contributed by atoms with van der Waals surface area (Å²) in [4.78, 5) is 0. The Bertz CT molecular complexity index is 1300. The zero-order valence-corrected chi connectivity index (χ0v) is 26.0. The SMILES string of the molecule is Cc1cccc([Si](c2cccc(C)c2)(c2cccc(C)c2)[C]2([Ti+3])C=CC=C2c2ccccc2)c1.[Cl-].[Cl-].[Cl-]. The molecular formula is C32H29Cl3SiTi. The third-order valence-electron chi connectivity index (χ3n) is 7.06. The average molecular weight is 596 g/mol. The topological polar surface area (TPSA) is 0 Å². The molecule has 0 saturated heterocycles. The van der Waals surface area contributed by atoms with Crippen molar-refractivity contribution < 1.29 is 57.7 Å².